The van der Waals surface area contributed by atoms with Crippen molar-refractivity contribution in [2.24, 2.45) is 0 Å². The molecule has 0 aliphatic carbocycles. The van der Waals surface area contributed by atoms with E-state index in [1.807, 2.05) is 29.0 Å². The van der Waals surface area contributed by atoms with Crippen molar-refractivity contribution < 1.29 is 9.53 Å². The number of para-hydroxylation sites is 1. The van der Waals surface area contributed by atoms with Gasteiger partial charge >= 0.3 is 0 Å². The highest BCUT2D eigenvalue weighted by molar-refractivity contribution is 6.42. The first-order chi connectivity index (χ1) is 12.1. The van der Waals surface area contributed by atoms with Crippen LogP contribution in [0.4, 0.5) is 0 Å². The lowest BCUT2D eigenvalue weighted by molar-refractivity contribution is 0.0972. The normalized spacial score (nSPS) is 10.6. The molecule has 0 bridgehead atoms. The number of hydrogen-bond acceptors (Lipinski definition) is 3. The van der Waals surface area contributed by atoms with E-state index in [1.54, 1.807) is 36.8 Å². The van der Waals surface area contributed by atoms with Crippen LogP contribution >= 0.6 is 23.2 Å². The summed E-state index contributed by atoms with van der Waals surface area (Å²) in [5, 5.41) is 0.980. The molecule has 4 nitrogen and oxygen atoms in total. The standard InChI is InChI=1S/C19H16Cl2N2O2/c20-16-6-5-14(11-17(16)21)12-25-19-4-2-1-3-15(19)18(24)7-9-23-10-8-22-13-23/h1-6,8,10-11,13H,7,9,12H2. The number of carbonyl (C=O) groups is 1. The topological polar surface area (TPSA) is 44.1 Å². The van der Waals surface area contributed by atoms with Crippen LogP contribution < -0.4 is 4.74 Å². The van der Waals surface area contributed by atoms with Gasteiger partial charge in [-0.1, -0.05) is 41.4 Å². The van der Waals surface area contributed by atoms with Crippen LogP contribution in [0.2, 0.25) is 10.0 Å². The summed E-state index contributed by atoms with van der Waals surface area (Å²) in [6.07, 6.45) is 5.60. The fourth-order valence-corrected chi connectivity index (χ4v) is 2.72. The van der Waals surface area contributed by atoms with Gasteiger partial charge in [0.15, 0.2) is 5.78 Å². The summed E-state index contributed by atoms with van der Waals surface area (Å²) in [6, 6.07) is 12.6. The zero-order valence-electron chi connectivity index (χ0n) is 13.4. The van der Waals surface area contributed by atoms with E-state index in [9.17, 15) is 4.79 Å². The van der Waals surface area contributed by atoms with Crippen LogP contribution in [0.3, 0.4) is 0 Å². The smallest absolute Gasteiger partial charge is 0.168 e. The number of carbonyl (C=O) groups excluding carboxylic acids is 1. The van der Waals surface area contributed by atoms with Crippen LogP contribution in [0.25, 0.3) is 0 Å². The lowest BCUT2D eigenvalue weighted by Crippen LogP contribution is -2.07. The summed E-state index contributed by atoms with van der Waals surface area (Å²) in [4.78, 5) is 16.5. The Bertz CT molecular complexity index is 864. The highest BCUT2D eigenvalue weighted by Gasteiger charge is 2.12. The molecule has 0 spiro atoms. The highest BCUT2D eigenvalue weighted by atomic mass is 35.5. The van der Waals surface area contributed by atoms with Crippen LogP contribution in [-0.2, 0) is 13.2 Å². The number of rotatable bonds is 7. The van der Waals surface area contributed by atoms with Crippen molar-refractivity contribution in [1.82, 2.24) is 9.55 Å². The average Bonchev–Trinajstić information content (AvgIpc) is 3.14. The van der Waals surface area contributed by atoms with Crippen LogP contribution in [0, 0.1) is 0 Å². The zero-order valence-corrected chi connectivity index (χ0v) is 14.9. The lowest BCUT2D eigenvalue weighted by atomic mass is 10.1. The van der Waals surface area contributed by atoms with E-state index in [1.165, 1.54) is 0 Å². The van der Waals surface area contributed by atoms with Gasteiger partial charge in [-0.15, -0.1) is 0 Å². The van der Waals surface area contributed by atoms with Gasteiger partial charge in [0, 0.05) is 25.4 Å². The SMILES string of the molecule is O=C(CCn1ccnc1)c1ccccc1OCc1ccc(Cl)c(Cl)c1. The summed E-state index contributed by atoms with van der Waals surface area (Å²) < 4.78 is 7.71. The molecule has 0 radical (unpaired) electrons. The molecule has 0 N–H and O–H groups in total. The van der Waals surface area contributed by atoms with Gasteiger partial charge < -0.3 is 9.30 Å². The van der Waals surface area contributed by atoms with Gasteiger partial charge in [0.25, 0.3) is 0 Å². The Morgan fingerprint density at radius 2 is 1.96 bits per heavy atom. The molecule has 128 valence electrons. The first kappa shape index (κ1) is 17.5. The Morgan fingerprint density at radius 3 is 2.72 bits per heavy atom. The van der Waals surface area contributed by atoms with Crippen LogP contribution in [0.15, 0.2) is 61.2 Å². The molecule has 0 unspecified atom stereocenters. The van der Waals surface area contributed by atoms with E-state index in [4.69, 9.17) is 27.9 Å². The molecular weight excluding hydrogens is 359 g/mol. The molecule has 6 heteroatoms. The van der Waals surface area contributed by atoms with E-state index in [0.717, 1.165) is 5.56 Å². The minimum absolute atomic E-state index is 0.0263. The first-order valence-electron chi connectivity index (χ1n) is 7.78. The maximum Gasteiger partial charge on any atom is 0.168 e. The third kappa shape index (κ3) is 4.62. The minimum atomic E-state index is 0.0263. The largest absolute Gasteiger partial charge is 0.488 e. The molecule has 0 aliphatic rings. The first-order valence-corrected chi connectivity index (χ1v) is 8.54. The molecular formula is C19H16Cl2N2O2. The number of nitrogens with zero attached hydrogens (tertiary/aromatic N) is 2. The van der Waals surface area contributed by atoms with Gasteiger partial charge in [-0.25, -0.2) is 4.98 Å². The number of ether oxygens (including phenoxy) is 1. The van der Waals surface area contributed by atoms with Crippen LogP contribution in [-0.4, -0.2) is 15.3 Å². The van der Waals surface area contributed by atoms with E-state index >= 15 is 0 Å². The van der Waals surface area contributed by atoms with Crippen molar-refractivity contribution in [2.75, 3.05) is 0 Å². The number of ketones is 1. The van der Waals surface area contributed by atoms with Crippen molar-refractivity contribution in [3.8, 4) is 5.75 Å². The van der Waals surface area contributed by atoms with Gasteiger partial charge in [-0.05, 0) is 29.8 Å². The van der Waals surface area contributed by atoms with E-state index in [0.29, 0.717) is 40.9 Å². The summed E-state index contributed by atoms with van der Waals surface area (Å²) >= 11 is 11.9. The number of benzene rings is 2. The van der Waals surface area contributed by atoms with Crippen molar-refractivity contribution in [3.63, 3.8) is 0 Å². The van der Waals surface area contributed by atoms with Gasteiger partial charge in [0.05, 0.1) is 21.9 Å². The Hall–Kier alpha value is -2.30. The molecule has 3 rings (SSSR count). The molecule has 2 aromatic carbocycles. The second-order valence-electron chi connectivity index (χ2n) is 5.51. The molecule has 0 fully saturated rings. The van der Waals surface area contributed by atoms with Crippen molar-refractivity contribution in [3.05, 3.63) is 82.4 Å². The average molecular weight is 375 g/mol. The number of Topliss-reactive ketones (excluding diaryl/α,β-unsaturated/α-hetero) is 1. The number of aryl methyl sites for hydroxylation is 1. The Labute approximate surface area is 156 Å². The van der Waals surface area contributed by atoms with Crippen LogP contribution in [0.5, 0.6) is 5.75 Å². The van der Waals surface area contributed by atoms with Crippen molar-refractivity contribution >= 4 is 29.0 Å². The molecule has 0 aliphatic heterocycles. The molecule has 0 saturated carbocycles. The Morgan fingerprint density at radius 1 is 1.12 bits per heavy atom. The summed E-state index contributed by atoms with van der Waals surface area (Å²) in [5.41, 5.74) is 1.46. The number of imidazole rings is 1. The molecule has 1 heterocycles. The maximum absolute atomic E-state index is 12.5. The molecule has 3 aromatic rings. The molecule has 1 aromatic heterocycles. The Kier molecular flexibility index (Phi) is 5.74. The van der Waals surface area contributed by atoms with E-state index < -0.39 is 0 Å². The van der Waals surface area contributed by atoms with Gasteiger partial charge in [0.1, 0.15) is 12.4 Å². The fraction of sp³-hybridized carbons (Fsp3) is 0.158. The van der Waals surface area contributed by atoms with Crippen LogP contribution in [0.1, 0.15) is 22.3 Å². The molecule has 0 amide bonds. The minimum Gasteiger partial charge on any atom is -0.488 e. The van der Waals surface area contributed by atoms with Crippen molar-refractivity contribution in [1.29, 1.82) is 0 Å². The van der Waals surface area contributed by atoms with Gasteiger partial charge in [0.2, 0.25) is 0 Å². The summed E-state index contributed by atoms with van der Waals surface area (Å²) in [5.74, 6) is 0.586. The van der Waals surface area contributed by atoms with Gasteiger partial charge in [-0.2, -0.15) is 0 Å². The molecule has 0 atom stereocenters. The maximum atomic E-state index is 12.5. The fourth-order valence-electron chi connectivity index (χ4n) is 2.40. The monoisotopic (exact) mass is 374 g/mol. The third-order valence-corrected chi connectivity index (χ3v) is 4.46. The predicted octanol–water partition coefficient (Wildman–Crippen LogP) is 5.04. The Balaban J connectivity index is 1.67. The number of hydrogen-bond donors (Lipinski definition) is 0. The summed E-state index contributed by atoms with van der Waals surface area (Å²) in [6.45, 7) is 0.892. The zero-order chi connectivity index (χ0) is 17.6. The number of aromatic nitrogens is 2. The number of halogens is 2. The molecule has 25 heavy (non-hydrogen) atoms. The van der Waals surface area contributed by atoms with E-state index in [2.05, 4.69) is 4.98 Å². The van der Waals surface area contributed by atoms with Gasteiger partial charge in [-0.3, -0.25) is 4.79 Å². The van der Waals surface area contributed by atoms with Crippen molar-refractivity contribution in [2.45, 2.75) is 19.6 Å². The van der Waals surface area contributed by atoms with E-state index in [-0.39, 0.29) is 5.78 Å². The summed E-state index contributed by atoms with van der Waals surface area (Å²) in [7, 11) is 0. The second kappa shape index (κ2) is 8.19. The molecule has 0 saturated heterocycles. The second-order valence-corrected chi connectivity index (χ2v) is 6.32. The third-order valence-electron chi connectivity index (χ3n) is 3.72. The lowest BCUT2D eigenvalue weighted by Gasteiger charge is -2.11. The highest BCUT2D eigenvalue weighted by Crippen LogP contribution is 2.25. The predicted molar refractivity (Wildman–Crippen MR) is 98.4 cm³/mol. The quantitative estimate of drug-likeness (QED) is 0.544.